The van der Waals surface area contributed by atoms with Crippen LogP contribution in [0.25, 0.3) is 0 Å². The van der Waals surface area contributed by atoms with Crippen LogP contribution in [0.15, 0.2) is 24.3 Å². The van der Waals surface area contributed by atoms with Crippen molar-refractivity contribution in [3.8, 4) is 0 Å². The molecule has 25 nitrogen and oxygen atoms in total. The van der Waals surface area contributed by atoms with Gasteiger partial charge in [-0.25, -0.2) is 14.4 Å². The van der Waals surface area contributed by atoms with Crippen LogP contribution in [0.3, 0.4) is 0 Å². The highest BCUT2D eigenvalue weighted by molar-refractivity contribution is 5.94. The average molecular weight is 969 g/mol. The third-order valence-corrected chi connectivity index (χ3v) is 10.7. The smallest absolute Gasteiger partial charge is 0.326 e. The summed E-state index contributed by atoms with van der Waals surface area (Å²) in [7, 11) is 0. The van der Waals surface area contributed by atoms with Gasteiger partial charge in [0.05, 0.1) is 0 Å². The van der Waals surface area contributed by atoms with Gasteiger partial charge in [-0.05, 0) is 107 Å². The minimum absolute atomic E-state index is 0.0110. The van der Waals surface area contributed by atoms with E-state index in [-0.39, 0.29) is 87.6 Å². The largest absolute Gasteiger partial charge is 0.483 e. The summed E-state index contributed by atoms with van der Waals surface area (Å²) in [4.78, 5) is 123. The van der Waals surface area contributed by atoms with E-state index in [1.807, 2.05) is 22.0 Å². The van der Waals surface area contributed by atoms with E-state index in [0.29, 0.717) is 68.5 Å². The summed E-state index contributed by atoms with van der Waals surface area (Å²) in [5, 5.41) is 56.2. The molecule has 15 N–H and O–H groups in total. The van der Waals surface area contributed by atoms with Crippen LogP contribution in [-0.4, -0.2) is 151 Å². The van der Waals surface area contributed by atoms with Crippen molar-refractivity contribution in [2.24, 2.45) is 23.3 Å². The number of carboxylic acids is 5. The number of rotatable bonds is 23. The van der Waals surface area contributed by atoms with E-state index in [9.17, 15) is 47.9 Å². The maximum absolute atomic E-state index is 13.1. The molecule has 3 atom stereocenters. The Morgan fingerprint density at radius 3 is 1.46 bits per heavy atom. The molecule has 2 heterocycles. The molecule has 0 aliphatic carbocycles. The van der Waals surface area contributed by atoms with E-state index in [2.05, 4.69) is 16.4 Å². The van der Waals surface area contributed by atoms with Gasteiger partial charge in [0.25, 0.3) is 12.4 Å². The highest BCUT2D eigenvalue weighted by atomic mass is 16.4. The van der Waals surface area contributed by atoms with Crippen molar-refractivity contribution < 1.29 is 83.4 Å². The molecule has 382 valence electrons. The summed E-state index contributed by atoms with van der Waals surface area (Å²) in [6, 6.07) is 3.48. The number of likely N-dealkylation sites (tertiary alicyclic amines) is 2. The quantitative estimate of drug-likeness (QED) is 0.0548. The lowest BCUT2D eigenvalue weighted by atomic mass is 9.90. The lowest BCUT2D eigenvalue weighted by molar-refractivity contribution is -0.141. The van der Waals surface area contributed by atoms with Crippen molar-refractivity contribution in [2.75, 3.05) is 31.9 Å². The Labute approximate surface area is 393 Å². The van der Waals surface area contributed by atoms with Crippen LogP contribution in [0.1, 0.15) is 120 Å². The first-order valence-electron chi connectivity index (χ1n) is 22.0. The predicted molar refractivity (Wildman–Crippen MR) is 242 cm³/mol. The van der Waals surface area contributed by atoms with Crippen molar-refractivity contribution >= 4 is 71.8 Å². The number of nitrogens with two attached hydrogens (primary N) is 3. The van der Waals surface area contributed by atoms with Crippen LogP contribution in [-0.2, 0) is 38.4 Å². The fourth-order valence-electron chi connectivity index (χ4n) is 7.21. The summed E-state index contributed by atoms with van der Waals surface area (Å²) >= 11 is 0. The van der Waals surface area contributed by atoms with Gasteiger partial charge in [-0.1, -0.05) is 0 Å². The molecule has 3 unspecified atom stereocenters. The molecule has 3 rings (SSSR count). The molecule has 2 saturated heterocycles. The van der Waals surface area contributed by atoms with Crippen LogP contribution in [0.4, 0.5) is 15.3 Å². The molecule has 1 aromatic carbocycles. The lowest BCUT2D eigenvalue weighted by Gasteiger charge is -2.33. The summed E-state index contributed by atoms with van der Waals surface area (Å²) in [5.41, 5.74) is 16.7. The van der Waals surface area contributed by atoms with Gasteiger partial charge in [-0.2, -0.15) is 0 Å². The number of hydrogen-bond donors (Lipinski definition) is 12. The zero-order chi connectivity index (χ0) is 51.8. The first-order chi connectivity index (χ1) is 32.0. The number of amides is 7. The predicted octanol–water partition coefficient (Wildman–Crippen LogP) is 1.72. The van der Waals surface area contributed by atoms with Gasteiger partial charge in [0, 0.05) is 88.0 Å². The highest BCUT2D eigenvalue weighted by Gasteiger charge is 2.27. The van der Waals surface area contributed by atoms with Gasteiger partial charge < -0.3 is 73.6 Å². The average Bonchev–Trinajstić information content (AvgIpc) is 3.25. The first-order valence-corrected chi connectivity index (χ1v) is 22.0. The van der Waals surface area contributed by atoms with Gasteiger partial charge >= 0.3 is 41.9 Å². The maximum Gasteiger partial charge on any atom is 0.326 e. The summed E-state index contributed by atoms with van der Waals surface area (Å²) in [6.07, 6.45) is 5.82. The van der Waals surface area contributed by atoms with Crippen molar-refractivity contribution in [1.82, 2.24) is 25.8 Å². The highest BCUT2D eigenvalue weighted by Crippen LogP contribution is 2.25. The van der Waals surface area contributed by atoms with Gasteiger partial charge in [0.1, 0.15) is 6.04 Å². The Bertz CT molecular complexity index is 1790. The summed E-state index contributed by atoms with van der Waals surface area (Å²) < 4.78 is 0. The number of carbonyl (C=O) groups excluding carboxylic acids is 5. The SMILES string of the molecule is CC(CC1CCN(C(=O)CCC(CCC(=O)N2CCC(CCC(=O)O)CC2)NC(=O)c2ccc(N)cc2)CC1)NC(N)=O.NC(=O)NC(CCC(=O)O)C(=O)O.O=C(O)CCCC(=O)O.O=CO. The number of carbonyl (C=O) groups is 11. The number of hydrogen-bond acceptors (Lipinski definition) is 12. The third-order valence-electron chi connectivity index (χ3n) is 10.7. The fourth-order valence-corrected chi connectivity index (χ4v) is 7.21. The number of nitrogens with zero attached hydrogens (tertiary/aromatic N) is 2. The first kappa shape index (κ1) is 60.8. The van der Waals surface area contributed by atoms with Crippen molar-refractivity contribution in [3.63, 3.8) is 0 Å². The van der Waals surface area contributed by atoms with Crippen LogP contribution >= 0.6 is 0 Å². The van der Waals surface area contributed by atoms with Gasteiger partial charge in [-0.3, -0.25) is 38.4 Å². The number of urea groups is 2. The standard InChI is InChI=1S/C31H48N6O6.C6H10N2O5.C5H8O4.CH2O2/c1-21(34-31(33)43)20-23-14-18-37(19-15-23)28(39)10-8-26(35-30(42)24-3-5-25(32)6-4-24)7-9-27(38)36-16-12-22(13-17-36)2-11-29(40)41;7-6(13)8-3(5(11)12)1-2-4(9)10;6-4(7)2-1-3-5(8)9;2-1-3/h3-6,21-23,26H,2,7-20,32H2,1H3,(H,35,42)(H,40,41)(H3,33,34,43);3H,1-2H2,(H,9,10)(H,11,12)(H3,7,8,13);1-3H2,(H,6,7)(H,8,9);1H,(H,2,3). The normalized spacial score (nSPS) is 14.7. The Hall–Kier alpha value is -7.21. The minimum atomic E-state index is -1.31. The molecule has 2 fully saturated rings. The number of piperidine rings is 2. The molecule has 0 bridgehead atoms. The van der Waals surface area contributed by atoms with Crippen molar-refractivity contribution in [3.05, 3.63) is 29.8 Å². The van der Waals surface area contributed by atoms with Gasteiger partial charge in [0.2, 0.25) is 11.8 Å². The molecular weight excluding hydrogens is 901 g/mol. The molecule has 2 aliphatic rings. The molecule has 1 aromatic rings. The second-order valence-corrected chi connectivity index (χ2v) is 16.2. The molecule has 68 heavy (non-hydrogen) atoms. The van der Waals surface area contributed by atoms with Gasteiger partial charge in [0.15, 0.2) is 0 Å². The topological polar surface area (TPSA) is 430 Å². The number of aliphatic carboxylic acids is 5. The van der Waals surface area contributed by atoms with Crippen LogP contribution < -0.4 is 33.2 Å². The number of nitrogens with one attached hydrogen (secondary N) is 3. The zero-order valence-corrected chi connectivity index (χ0v) is 38.2. The molecule has 0 aromatic heterocycles. The number of primary amides is 2. The van der Waals surface area contributed by atoms with E-state index in [1.54, 1.807) is 24.3 Å². The summed E-state index contributed by atoms with van der Waals surface area (Å²) in [6.45, 7) is 4.19. The van der Waals surface area contributed by atoms with Crippen molar-refractivity contribution in [1.29, 1.82) is 0 Å². The monoisotopic (exact) mass is 968 g/mol. The van der Waals surface area contributed by atoms with Crippen LogP contribution in [0.5, 0.6) is 0 Å². The number of anilines is 1. The molecule has 0 radical (unpaired) electrons. The van der Waals surface area contributed by atoms with Crippen LogP contribution in [0, 0.1) is 11.8 Å². The molecule has 2 aliphatic heterocycles. The molecule has 25 heteroatoms. The number of benzene rings is 1. The number of nitrogen functional groups attached to an aromatic ring is 1. The molecule has 0 saturated carbocycles. The van der Waals surface area contributed by atoms with Crippen molar-refractivity contribution in [2.45, 2.75) is 128 Å². The molecule has 7 amide bonds. The lowest BCUT2D eigenvalue weighted by Crippen LogP contribution is -2.43. The number of carboxylic acid groups (broad SMARTS) is 6. The Morgan fingerprint density at radius 2 is 1.06 bits per heavy atom. The third kappa shape index (κ3) is 30.1. The van der Waals surface area contributed by atoms with E-state index < -0.39 is 48.0 Å². The molecular formula is C43H68N8O17. The van der Waals surface area contributed by atoms with E-state index in [4.69, 9.17) is 46.9 Å². The van der Waals surface area contributed by atoms with E-state index >= 15 is 0 Å². The maximum atomic E-state index is 13.1. The minimum Gasteiger partial charge on any atom is -0.483 e. The Balaban J connectivity index is 0.00000146. The second-order valence-electron chi connectivity index (χ2n) is 16.2. The summed E-state index contributed by atoms with van der Waals surface area (Å²) in [5.74, 6) is -4.63. The van der Waals surface area contributed by atoms with E-state index in [0.717, 1.165) is 32.1 Å². The van der Waals surface area contributed by atoms with E-state index in [1.165, 1.54) is 0 Å². The Kier molecular flexibility index (Phi) is 30.5. The Morgan fingerprint density at radius 1 is 0.632 bits per heavy atom. The fraction of sp³-hybridized carbons (Fsp3) is 0.605. The molecule has 0 spiro atoms. The van der Waals surface area contributed by atoms with Crippen LogP contribution in [0.2, 0.25) is 0 Å². The van der Waals surface area contributed by atoms with Gasteiger partial charge in [-0.15, -0.1) is 0 Å². The zero-order valence-electron chi connectivity index (χ0n) is 38.2. The second kappa shape index (κ2) is 34.1.